The molecule has 1 rings (SSSR count). The van der Waals surface area contributed by atoms with E-state index < -0.39 is 5.97 Å². The van der Waals surface area contributed by atoms with Gasteiger partial charge in [-0.05, 0) is 28.1 Å². The maximum absolute atomic E-state index is 11.3. The number of benzene rings is 1. The lowest BCUT2D eigenvalue weighted by molar-refractivity contribution is 0.0599. The van der Waals surface area contributed by atoms with E-state index in [-0.39, 0.29) is 16.7 Å². The second-order valence-electron chi connectivity index (χ2n) is 2.65. The second kappa shape index (κ2) is 4.71. The normalized spacial score (nSPS) is 9.13. The van der Waals surface area contributed by atoms with Gasteiger partial charge in [0.25, 0.3) is 0 Å². The van der Waals surface area contributed by atoms with Crippen LogP contribution in [0.1, 0.15) is 26.3 Å². The molecule has 15 heavy (non-hydrogen) atoms. The third kappa shape index (κ3) is 2.22. The van der Waals surface area contributed by atoms with Gasteiger partial charge in [-0.3, -0.25) is 4.79 Å². The molecule has 0 aliphatic heterocycles. The van der Waals surface area contributed by atoms with Crippen molar-refractivity contribution in [1.82, 2.24) is 0 Å². The number of carbonyl (C=O) groups is 2. The molecule has 0 bridgehead atoms. The quantitative estimate of drug-likeness (QED) is 0.607. The van der Waals surface area contributed by atoms with Crippen molar-refractivity contribution in [2.75, 3.05) is 7.11 Å². The molecule has 0 N–H and O–H groups in total. The smallest absolute Gasteiger partial charge is 0.339 e. The molecule has 0 unspecified atom stereocenters. The number of rotatable bonds is 2. The van der Waals surface area contributed by atoms with E-state index >= 15 is 0 Å². The molecular weight excluding hydrogens is 262 g/mol. The van der Waals surface area contributed by atoms with Crippen LogP contribution >= 0.6 is 15.9 Å². The molecule has 0 aliphatic rings. The Labute approximate surface area is 94.6 Å². The summed E-state index contributed by atoms with van der Waals surface area (Å²) in [5.41, 5.74) is 0.647. The lowest BCUT2D eigenvalue weighted by Gasteiger charge is -2.04. The Morgan fingerprint density at radius 2 is 2.27 bits per heavy atom. The van der Waals surface area contributed by atoms with Crippen LogP contribution in [0.15, 0.2) is 16.6 Å². The van der Waals surface area contributed by atoms with Crippen molar-refractivity contribution < 1.29 is 14.3 Å². The molecule has 76 valence electrons. The van der Waals surface area contributed by atoms with E-state index in [9.17, 15) is 9.59 Å². The van der Waals surface area contributed by atoms with Crippen LogP contribution in [0.3, 0.4) is 0 Å². The first-order valence-electron chi connectivity index (χ1n) is 3.91. The Morgan fingerprint density at radius 1 is 1.60 bits per heavy atom. The van der Waals surface area contributed by atoms with Crippen LogP contribution < -0.4 is 0 Å². The molecule has 1 aromatic carbocycles. The number of aldehydes is 1. The summed E-state index contributed by atoms with van der Waals surface area (Å²) in [5, 5.41) is 8.69. The molecule has 0 aliphatic carbocycles. The summed E-state index contributed by atoms with van der Waals surface area (Å²) in [6, 6.07) is 4.62. The third-order valence-corrected chi connectivity index (χ3v) is 2.65. The number of halogens is 1. The summed E-state index contributed by atoms with van der Waals surface area (Å²) in [6.07, 6.45) is 0.567. The largest absolute Gasteiger partial charge is 0.465 e. The van der Waals surface area contributed by atoms with Crippen molar-refractivity contribution in [3.05, 3.63) is 33.3 Å². The Kier molecular flexibility index (Phi) is 3.58. The van der Waals surface area contributed by atoms with Crippen molar-refractivity contribution in [1.29, 1.82) is 5.26 Å². The number of ether oxygens (including phenoxy) is 1. The lowest BCUT2D eigenvalue weighted by atomic mass is 10.1. The summed E-state index contributed by atoms with van der Waals surface area (Å²) >= 11 is 3.10. The van der Waals surface area contributed by atoms with Crippen LogP contribution in [0.5, 0.6) is 0 Å². The molecule has 0 saturated heterocycles. The van der Waals surface area contributed by atoms with E-state index in [4.69, 9.17) is 5.26 Å². The number of nitrogens with zero attached hydrogens (tertiary/aromatic N) is 1. The molecule has 0 heterocycles. The zero-order valence-electron chi connectivity index (χ0n) is 7.78. The Bertz CT molecular complexity index is 462. The molecule has 0 aromatic heterocycles. The molecule has 0 amide bonds. The maximum Gasteiger partial charge on any atom is 0.339 e. The fourth-order valence-electron chi connectivity index (χ4n) is 1.06. The average molecular weight is 268 g/mol. The summed E-state index contributed by atoms with van der Waals surface area (Å²) in [6.45, 7) is 0. The molecule has 0 fully saturated rings. The van der Waals surface area contributed by atoms with Gasteiger partial charge in [0.05, 0.1) is 24.3 Å². The van der Waals surface area contributed by atoms with Crippen molar-refractivity contribution >= 4 is 28.2 Å². The fourth-order valence-corrected chi connectivity index (χ4v) is 1.54. The van der Waals surface area contributed by atoms with E-state index in [2.05, 4.69) is 20.7 Å². The van der Waals surface area contributed by atoms with E-state index in [1.54, 1.807) is 0 Å². The number of esters is 1. The molecule has 5 heteroatoms. The molecule has 0 atom stereocenters. The Morgan fingerprint density at radius 3 is 2.73 bits per heavy atom. The summed E-state index contributed by atoms with van der Waals surface area (Å²) < 4.78 is 4.86. The van der Waals surface area contributed by atoms with Gasteiger partial charge < -0.3 is 4.74 Å². The zero-order valence-corrected chi connectivity index (χ0v) is 9.37. The van der Waals surface area contributed by atoms with Crippen LogP contribution in [0, 0.1) is 11.3 Å². The lowest BCUT2D eigenvalue weighted by Crippen LogP contribution is -2.04. The number of nitriles is 1. The van der Waals surface area contributed by atoms with E-state index in [1.165, 1.54) is 19.2 Å². The standard InChI is InChI=1S/C10H6BrNO3/c1-15-10(14)8-3-6(4-12)2-7(5-13)9(8)11/h2-3,5H,1H3. The monoisotopic (exact) mass is 267 g/mol. The number of hydrogen-bond donors (Lipinski definition) is 0. The van der Waals surface area contributed by atoms with Gasteiger partial charge in [0.15, 0.2) is 6.29 Å². The molecule has 4 nitrogen and oxygen atoms in total. The predicted molar refractivity (Wildman–Crippen MR) is 55.6 cm³/mol. The first kappa shape index (κ1) is 11.4. The van der Waals surface area contributed by atoms with Gasteiger partial charge in [-0.25, -0.2) is 4.79 Å². The SMILES string of the molecule is COC(=O)c1cc(C#N)cc(C=O)c1Br. The number of carbonyl (C=O) groups excluding carboxylic acids is 2. The molecule has 0 saturated carbocycles. The van der Waals surface area contributed by atoms with Crippen LogP contribution in [-0.4, -0.2) is 19.4 Å². The molecule has 0 radical (unpaired) electrons. The van der Waals surface area contributed by atoms with Crippen LogP contribution in [-0.2, 0) is 4.74 Å². The van der Waals surface area contributed by atoms with Gasteiger partial charge in [0.2, 0.25) is 0 Å². The van der Waals surface area contributed by atoms with Gasteiger partial charge >= 0.3 is 5.97 Å². The highest BCUT2D eigenvalue weighted by atomic mass is 79.9. The van der Waals surface area contributed by atoms with Crippen LogP contribution in [0.4, 0.5) is 0 Å². The zero-order chi connectivity index (χ0) is 11.4. The minimum Gasteiger partial charge on any atom is -0.465 e. The van der Waals surface area contributed by atoms with Gasteiger partial charge in [0.1, 0.15) is 0 Å². The molecule has 1 aromatic rings. The van der Waals surface area contributed by atoms with Crippen LogP contribution in [0.25, 0.3) is 0 Å². The Hall–Kier alpha value is -1.67. The van der Waals surface area contributed by atoms with E-state index in [0.717, 1.165) is 0 Å². The molecule has 0 spiro atoms. The van der Waals surface area contributed by atoms with Gasteiger partial charge in [-0.1, -0.05) is 0 Å². The Balaban J connectivity index is 3.45. The van der Waals surface area contributed by atoms with Gasteiger partial charge in [-0.2, -0.15) is 5.26 Å². The predicted octanol–water partition coefficient (Wildman–Crippen LogP) is 1.92. The van der Waals surface area contributed by atoms with Gasteiger partial charge in [-0.15, -0.1) is 0 Å². The molecular formula is C10H6BrNO3. The number of hydrogen-bond acceptors (Lipinski definition) is 4. The third-order valence-electron chi connectivity index (χ3n) is 1.76. The number of methoxy groups -OCH3 is 1. The topological polar surface area (TPSA) is 67.2 Å². The van der Waals surface area contributed by atoms with Crippen molar-refractivity contribution in [3.8, 4) is 6.07 Å². The highest BCUT2D eigenvalue weighted by Crippen LogP contribution is 2.23. The summed E-state index contributed by atoms with van der Waals surface area (Å²) in [7, 11) is 1.23. The minimum atomic E-state index is -0.595. The van der Waals surface area contributed by atoms with E-state index in [1.807, 2.05) is 6.07 Å². The van der Waals surface area contributed by atoms with Crippen molar-refractivity contribution in [2.45, 2.75) is 0 Å². The van der Waals surface area contributed by atoms with Crippen molar-refractivity contribution in [3.63, 3.8) is 0 Å². The first-order valence-corrected chi connectivity index (χ1v) is 4.70. The fraction of sp³-hybridized carbons (Fsp3) is 0.100. The minimum absolute atomic E-state index is 0.165. The van der Waals surface area contributed by atoms with Crippen molar-refractivity contribution in [2.24, 2.45) is 0 Å². The first-order chi connectivity index (χ1) is 7.13. The summed E-state index contributed by atoms with van der Waals surface area (Å²) in [4.78, 5) is 22.0. The van der Waals surface area contributed by atoms with E-state index in [0.29, 0.717) is 10.8 Å². The second-order valence-corrected chi connectivity index (χ2v) is 3.44. The average Bonchev–Trinajstić information content (AvgIpc) is 2.28. The van der Waals surface area contributed by atoms with Gasteiger partial charge in [0, 0.05) is 10.0 Å². The highest BCUT2D eigenvalue weighted by molar-refractivity contribution is 9.10. The maximum atomic E-state index is 11.3. The van der Waals surface area contributed by atoms with Crippen LogP contribution in [0.2, 0.25) is 0 Å². The highest BCUT2D eigenvalue weighted by Gasteiger charge is 2.15. The summed E-state index contributed by atoms with van der Waals surface area (Å²) in [5.74, 6) is -0.595.